The second kappa shape index (κ2) is 4.64. The van der Waals surface area contributed by atoms with Crippen LogP contribution in [-0.2, 0) is 14.3 Å². The Labute approximate surface area is 81.7 Å². The van der Waals surface area contributed by atoms with Crippen molar-refractivity contribution in [1.82, 2.24) is 5.32 Å². The molecule has 5 heteroatoms. The Balaban J connectivity index is 2.36. The van der Waals surface area contributed by atoms with Gasteiger partial charge in [0, 0.05) is 12.5 Å². The van der Waals surface area contributed by atoms with Gasteiger partial charge in [0.05, 0.1) is 24.9 Å². The summed E-state index contributed by atoms with van der Waals surface area (Å²) in [7, 11) is 0. The Kier molecular flexibility index (Phi) is 3.50. The number of carboxylic acid groups (broad SMARTS) is 1. The summed E-state index contributed by atoms with van der Waals surface area (Å²) in [4.78, 5) is 21.7. The van der Waals surface area contributed by atoms with E-state index in [1.807, 2.05) is 0 Å². The van der Waals surface area contributed by atoms with Crippen LogP contribution in [-0.4, -0.2) is 29.6 Å². The van der Waals surface area contributed by atoms with Gasteiger partial charge in [0.2, 0.25) is 0 Å². The fourth-order valence-corrected chi connectivity index (χ4v) is 1.18. The third kappa shape index (κ3) is 3.08. The molecule has 0 aliphatic carbocycles. The van der Waals surface area contributed by atoms with Gasteiger partial charge in [-0.2, -0.15) is 0 Å². The van der Waals surface area contributed by atoms with E-state index >= 15 is 0 Å². The summed E-state index contributed by atoms with van der Waals surface area (Å²) in [6.07, 6.45) is 1.94. The number of hydrogen-bond donors (Lipinski definition) is 2. The highest BCUT2D eigenvalue weighted by molar-refractivity contribution is 5.93. The number of aliphatic carboxylic acids is 1. The summed E-state index contributed by atoms with van der Waals surface area (Å²) in [5, 5.41) is 11.1. The van der Waals surface area contributed by atoms with Gasteiger partial charge < -0.3 is 15.2 Å². The van der Waals surface area contributed by atoms with Gasteiger partial charge in [0.1, 0.15) is 0 Å². The van der Waals surface area contributed by atoms with E-state index in [9.17, 15) is 9.59 Å². The molecule has 1 rings (SSSR count). The summed E-state index contributed by atoms with van der Waals surface area (Å²) in [6, 6.07) is -0.360. The number of nitrogens with one attached hydrogen (secondary N) is 1. The molecule has 1 unspecified atom stereocenters. The molecule has 0 saturated carbocycles. The van der Waals surface area contributed by atoms with Crippen LogP contribution in [0.15, 0.2) is 11.8 Å². The topological polar surface area (TPSA) is 75.6 Å². The Morgan fingerprint density at radius 1 is 1.71 bits per heavy atom. The molecule has 0 spiro atoms. The molecule has 0 bridgehead atoms. The predicted molar refractivity (Wildman–Crippen MR) is 48.5 cm³/mol. The molecule has 0 saturated heterocycles. The van der Waals surface area contributed by atoms with Crippen LogP contribution < -0.4 is 5.32 Å². The maximum absolute atomic E-state index is 11.4. The maximum Gasteiger partial charge on any atom is 0.305 e. The number of carboxylic acids is 1. The summed E-state index contributed by atoms with van der Waals surface area (Å²) >= 11 is 0. The van der Waals surface area contributed by atoms with E-state index < -0.39 is 5.97 Å². The number of carbonyl (C=O) groups excluding carboxylic acids is 1. The normalized spacial score (nSPS) is 16.8. The molecule has 1 aliphatic heterocycles. The zero-order chi connectivity index (χ0) is 10.6. The van der Waals surface area contributed by atoms with Crippen molar-refractivity contribution >= 4 is 11.9 Å². The summed E-state index contributed by atoms with van der Waals surface area (Å²) < 4.78 is 4.90. The van der Waals surface area contributed by atoms with E-state index in [4.69, 9.17) is 9.84 Å². The summed E-state index contributed by atoms with van der Waals surface area (Å²) in [5.41, 5.74) is 0.572. The Hall–Kier alpha value is -1.52. The average molecular weight is 199 g/mol. The molecule has 0 radical (unpaired) electrons. The molecule has 0 aromatic rings. The summed E-state index contributed by atoms with van der Waals surface area (Å²) in [6.45, 7) is 2.18. The van der Waals surface area contributed by atoms with Crippen LogP contribution in [0.2, 0.25) is 0 Å². The van der Waals surface area contributed by atoms with Gasteiger partial charge in [0.25, 0.3) is 5.91 Å². The number of carbonyl (C=O) groups is 2. The van der Waals surface area contributed by atoms with Gasteiger partial charge in [-0.3, -0.25) is 9.59 Å². The highest BCUT2D eigenvalue weighted by atomic mass is 16.5. The highest BCUT2D eigenvalue weighted by Gasteiger charge is 2.17. The van der Waals surface area contributed by atoms with Gasteiger partial charge in [-0.05, 0) is 6.92 Å². The Morgan fingerprint density at radius 2 is 2.43 bits per heavy atom. The SMILES string of the molecule is CC(CC(=O)O)NC(=O)C1=COCC1. The molecule has 0 aromatic carbocycles. The second-order valence-corrected chi connectivity index (χ2v) is 3.24. The van der Waals surface area contributed by atoms with Crippen LogP contribution in [0.25, 0.3) is 0 Å². The molecule has 78 valence electrons. The van der Waals surface area contributed by atoms with Gasteiger partial charge in [-0.15, -0.1) is 0 Å². The van der Waals surface area contributed by atoms with Crippen LogP contribution in [0, 0.1) is 0 Å². The minimum absolute atomic E-state index is 0.0696. The first-order chi connectivity index (χ1) is 6.59. The lowest BCUT2D eigenvalue weighted by atomic mass is 10.2. The largest absolute Gasteiger partial charge is 0.500 e. The van der Waals surface area contributed by atoms with E-state index in [2.05, 4.69) is 5.32 Å². The molecule has 0 fully saturated rings. The van der Waals surface area contributed by atoms with Gasteiger partial charge in [-0.1, -0.05) is 0 Å². The maximum atomic E-state index is 11.4. The Bertz CT molecular complexity index is 272. The first kappa shape index (κ1) is 10.6. The van der Waals surface area contributed by atoms with E-state index in [1.165, 1.54) is 6.26 Å². The first-order valence-electron chi connectivity index (χ1n) is 4.43. The highest BCUT2D eigenvalue weighted by Crippen LogP contribution is 2.10. The third-order valence-electron chi connectivity index (χ3n) is 1.86. The lowest BCUT2D eigenvalue weighted by Crippen LogP contribution is -2.34. The van der Waals surface area contributed by atoms with Crippen molar-refractivity contribution in [1.29, 1.82) is 0 Å². The smallest absolute Gasteiger partial charge is 0.305 e. The predicted octanol–water partition coefficient (Wildman–Crippen LogP) is 0.270. The second-order valence-electron chi connectivity index (χ2n) is 3.24. The first-order valence-corrected chi connectivity index (χ1v) is 4.43. The molecule has 5 nitrogen and oxygen atoms in total. The quantitative estimate of drug-likeness (QED) is 0.681. The van der Waals surface area contributed by atoms with Crippen LogP contribution in [0.3, 0.4) is 0 Å². The molecular weight excluding hydrogens is 186 g/mol. The van der Waals surface area contributed by atoms with E-state index in [1.54, 1.807) is 6.92 Å². The third-order valence-corrected chi connectivity index (χ3v) is 1.86. The zero-order valence-corrected chi connectivity index (χ0v) is 7.95. The molecular formula is C9H13NO4. The fourth-order valence-electron chi connectivity index (χ4n) is 1.18. The van der Waals surface area contributed by atoms with E-state index in [-0.39, 0.29) is 18.4 Å². The number of hydrogen-bond acceptors (Lipinski definition) is 3. The molecule has 1 heterocycles. The minimum Gasteiger partial charge on any atom is -0.500 e. The fraction of sp³-hybridized carbons (Fsp3) is 0.556. The van der Waals surface area contributed by atoms with Crippen LogP contribution in [0.4, 0.5) is 0 Å². The average Bonchev–Trinajstić information content (AvgIpc) is 2.53. The van der Waals surface area contributed by atoms with Gasteiger partial charge in [-0.25, -0.2) is 0 Å². The summed E-state index contributed by atoms with van der Waals surface area (Å²) in [5.74, 6) is -1.16. The minimum atomic E-state index is -0.922. The Morgan fingerprint density at radius 3 is 2.93 bits per heavy atom. The van der Waals surface area contributed by atoms with Crippen molar-refractivity contribution < 1.29 is 19.4 Å². The lowest BCUT2D eigenvalue weighted by Gasteiger charge is -2.10. The number of ether oxygens (including phenoxy) is 1. The molecule has 14 heavy (non-hydrogen) atoms. The van der Waals surface area contributed by atoms with Crippen molar-refractivity contribution in [3.63, 3.8) is 0 Å². The van der Waals surface area contributed by atoms with Gasteiger partial charge in [0.15, 0.2) is 0 Å². The molecule has 1 aliphatic rings. The number of amides is 1. The standard InChI is InChI=1S/C9H13NO4/c1-6(4-8(11)12)10-9(13)7-2-3-14-5-7/h5-6H,2-4H2,1H3,(H,10,13)(H,11,12). The van der Waals surface area contributed by atoms with Crippen molar-refractivity contribution in [3.05, 3.63) is 11.8 Å². The van der Waals surface area contributed by atoms with Gasteiger partial charge >= 0.3 is 5.97 Å². The van der Waals surface area contributed by atoms with Crippen molar-refractivity contribution in [2.45, 2.75) is 25.8 Å². The van der Waals surface area contributed by atoms with Crippen LogP contribution in [0.5, 0.6) is 0 Å². The van der Waals surface area contributed by atoms with Crippen LogP contribution >= 0.6 is 0 Å². The molecule has 1 atom stereocenters. The molecule has 0 aromatic heterocycles. The number of rotatable bonds is 4. The van der Waals surface area contributed by atoms with Crippen molar-refractivity contribution in [3.8, 4) is 0 Å². The van der Waals surface area contributed by atoms with E-state index in [0.717, 1.165) is 0 Å². The van der Waals surface area contributed by atoms with Crippen molar-refractivity contribution in [2.24, 2.45) is 0 Å². The zero-order valence-electron chi connectivity index (χ0n) is 7.95. The monoisotopic (exact) mass is 199 g/mol. The molecule has 2 N–H and O–H groups in total. The lowest BCUT2D eigenvalue weighted by molar-refractivity contribution is -0.137. The van der Waals surface area contributed by atoms with Crippen molar-refractivity contribution in [2.75, 3.05) is 6.61 Å². The molecule has 1 amide bonds. The van der Waals surface area contributed by atoms with E-state index in [0.29, 0.717) is 18.6 Å². The van der Waals surface area contributed by atoms with Crippen LogP contribution in [0.1, 0.15) is 19.8 Å².